The second kappa shape index (κ2) is 7.09. The molecule has 1 saturated heterocycles. The van der Waals surface area contributed by atoms with E-state index >= 15 is 0 Å². The van der Waals surface area contributed by atoms with Crippen molar-refractivity contribution in [2.24, 2.45) is 0 Å². The molecule has 0 atom stereocenters. The molecule has 1 aromatic rings. The van der Waals surface area contributed by atoms with Crippen molar-refractivity contribution in [3.05, 3.63) is 28.2 Å². The lowest BCUT2D eigenvalue weighted by atomic mass is 10.2. The van der Waals surface area contributed by atoms with Gasteiger partial charge in [-0.2, -0.15) is 0 Å². The Morgan fingerprint density at radius 2 is 2.17 bits per heavy atom. The van der Waals surface area contributed by atoms with E-state index in [-0.39, 0.29) is 0 Å². The average Bonchev–Trinajstić information content (AvgIpc) is 2.40. The van der Waals surface area contributed by atoms with Crippen LogP contribution in [0.15, 0.2) is 22.7 Å². The zero-order valence-electron chi connectivity index (χ0n) is 10.7. The fourth-order valence-electron chi connectivity index (χ4n) is 2.10. The maximum absolute atomic E-state index is 5.36. The Morgan fingerprint density at radius 1 is 1.39 bits per heavy atom. The van der Waals surface area contributed by atoms with Gasteiger partial charge >= 0.3 is 0 Å². The van der Waals surface area contributed by atoms with Gasteiger partial charge in [0.15, 0.2) is 0 Å². The van der Waals surface area contributed by atoms with Crippen LogP contribution in [-0.4, -0.2) is 44.9 Å². The Morgan fingerprint density at radius 3 is 2.89 bits per heavy atom. The fraction of sp³-hybridized carbons (Fsp3) is 0.538. The predicted octanol–water partition coefficient (Wildman–Crippen LogP) is 1.41. The average molecular weight is 314 g/mol. The van der Waals surface area contributed by atoms with E-state index in [9.17, 15) is 0 Å². The zero-order valence-corrected chi connectivity index (χ0v) is 12.3. The molecule has 2 N–H and O–H groups in total. The molecular formula is C13H20BrN3O. The van der Waals surface area contributed by atoms with Crippen molar-refractivity contribution in [3.8, 4) is 5.75 Å². The van der Waals surface area contributed by atoms with Gasteiger partial charge in [-0.25, -0.2) is 0 Å². The lowest BCUT2D eigenvalue weighted by Crippen LogP contribution is -2.46. The van der Waals surface area contributed by atoms with Crippen LogP contribution in [0.1, 0.15) is 5.56 Å². The van der Waals surface area contributed by atoms with Gasteiger partial charge in [0, 0.05) is 49.4 Å². The van der Waals surface area contributed by atoms with E-state index in [1.54, 1.807) is 7.11 Å². The smallest absolute Gasteiger partial charge is 0.123 e. The highest BCUT2D eigenvalue weighted by Gasteiger charge is 2.09. The van der Waals surface area contributed by atoms with Crippen LogP contribution in [0.2, 0.25) is 0 Å². The maximum atomic E-state index is 5.36. The number of methoxy groups -OCH3 is 1. The van der Waals surface area contributed by atoms with E-state index in [0.717, 1.165) is 49.6 Å². The number of rotatable bonds is 5. The van der Waals surface area contributed by atoms with Gasteiger partial charge in [0.1, 0.15) is 5.75 Å². The summed E-state index contributed by atoms with van der Waals surface area (Å²) in [5.74, 6) is 0.936. The van der Waals surface area contributed by atoms with Gasteiger partial charge in [-0.1, -0.05) is 15.9 Å². The molecule has 1 aromatic carbocycles. The van der Waals surface area contributed by atoms with Crippen LogP contribution in [0.5, 0.6) is 5.75 Å². The van der Waals surface area contributed by atoms with E-state index in [2.05, 4.69) is 37.5 Å². The summed E-state index contributed by atoms with van der Waals surface area (Å²) in [4.78, 5) is 2.42. The SMILES string of the molecule is COc1ccc(Br)cc1CNCN1CCNCC1. The molecule has 1 aliphatic heterocycles. The summed E-state index contributed by atoms with van der Waals surface area (Å²) < 4.78 is 6.44. The summed E-state index contributed by atoms with van der Waals surface area (Å²) in [6.07, 6.45) is 0. The zero-order chi connectivity index (χ0) is 12.8. The Kier molecular flexibility index (Phi) is 5.44. The van der Waals surface area contributed by atoms with E-state index in [0.29, 0.717) is 0 Å². The highest BCUT2D eigenvalue weighted by molar-refractivity contribution is 9.10. The lowest BCUT2D eigenvalue weighted by molar-refractivity contribution is 0.222. The van der Waals surface area contributed by atoms with Crippen LogP contribution < -0.4 is 15.4 Å². The number of nitrogens with one attached hydrogen (secondary N) is 2. The van der Waals surface area contributed by atoms with Crippen molar-refractivity contribution in [3.63, 3.8) is 0 Å². The largest absolute Gasteiger partial charge is 0.496 e. The third-order valence-corrected chi connectivity index (χ3v) is 3.60. The topological polar surface area (TPSA) is 36.5 Å². The van der Waals surface area contributed by atoms with Gasteiger partial charge < -0.3 is 15.4 Å². The minimum absolute atomic E-state index is 0.826. The molecule has 1 fully saturated rings. The summed E-state index contributed by atoms with van der Waals surface area (Å²) in [7, 11) is 1.71. The first kappa shape index (κ1) is 13.8. The van der Waals surface area contributed by atoms with Gasteiger partial charge in [0.05, 0.1) is 7.11 Å². The van der Waals surface area contributed by atoms with Crippen LogP contribution in [0.25, 0.3) is 0 Å². The second-order valence-electron chi connectivity index (χ2n) is 4.41. The molecule has 0 radical (unpaired) electrons. The molecule has 1 aliphatic rings. The number of halogens is 1. The number of benzene rings is 1. The number of hydrogen-bond donors (Lipinski definition) is 2. The van der Waals surface area contributed by atoms with E-state index in [1.807, 2.05) is 12.1 Å². The van der Waals surface area contributed by atoms with Crippen LogP contribution >= 0.6 is 15.9 Å². The van der Waals surface area contributed by atoms with Crippen LogP contribution in [0.3, 0.4) is 0 Å². The highest BCUT2D eigenvalue weighted by Crippen LogP contribution is 2.22. The van der Waals surface area contributed by atoms with Gasteiger partial charge in [-0.05, 0) is 18.2 Å². The molecule has 18 heavy (non-hydrogen) atoms. The third kappa shape index (κ3) is 3.95. The minimum atomic E-state index is 0.826. The molecule has 0 aliphatic carbocycles. The van der Waals surface area contributed by atoms with E-state index in [1.165, 1.54) is 5.56 Å². The summed E-state index contributed by atoms with van der Waals surface area (Å²) in [5, 5.41) is 6.82. The molecule has 5 heteroatoms. The minimum Gasteiger partial charge on any atom is -0.496 e. The first-order valence-corrected chi connectivity index (χ1v) is 7.05. The van der Waals surface area contributed by atoms with Crippen LogP contribution in [-0.2, 0) is 6.54 Å². The Hall–Kier alpha value is -0.620. The van der Waals surface area contributed by atoms with Crippen molar-refractivity contribution in [2.45, 2.75) is 6.54 Å². The molecule has 0 aromatic heterocycles. The molecule has 0 spiro atoms. The summed E-state index contributed by atoms with van der Waals surface area (Å²) >= 11 is 3.49. The quantitative estimate of drug-likeness (QED) is 0.862. The van der Waals surface area contributed by atoms with Crippen molar-refractivity contribution >= 4 is 15.9 Å². The Balaban J connectivity index is 1.83. The van der Waals surface area contributed by atoms with E-state index < -0.39 is 0 Å². The van der Waals surface area contributed by atoms with Crippen molar-refractivity contribution in [1.82, 2.24) is 15.5 Å². The van der Waals surface area contributed by atoms with Crippen LogP contribution in [0.4, 0.5) is 0 Å². The fourth-order valence-corrected chi connectivity index (χ4v) is 2.51. The molecular weight excluding hydrogens is 294 g/mol. The standard InChI is InChI=1S/C13H20BrN3O/c1-18-13-3-2-12(14)8-11(13)9-16-10-17-6-4-15-5-7-17/h2-3,8,15-16H,4-7,9-10H2,1H3. The number of ether oxygens (including phenoxy) is 1. The summed E-state index contributed by atoms with van der Waals surface area (Å²) in [6.45, 7) is 6.15. The summed E-state index contributed by atoms with van der Waals surface area (Å²) in [5.41, 5.74) is 1.18. The van der Waals surface area contributed by atoms with Gasteiger partial charge in [0.25, 0.3) is 0 Å². The third-order valence-electron chi connectivity index (χ3n) is 3.10. The lowest BCUT2D eigenvalue weighted by Gasteiger charge is -2.27. The van der Waals surface area contributed by atoms with Crippen LogP contribution in [0, 0.1) is 0 Å². The van der Waals surface area contributed by atoms with Gasteiger partial charge in [0.2, 0.25) is 0 Å². The second-order valence-corrected chi connectivity index (χ2v) is 5.32. The monoisotopic (exact) mass is 313 g/mol. The summed E-state index contributed by atoms with van der Waals surface area (Å²) in [6, 6.07) is 6.09. The predicted molar refractivity (Wildman–Crippen MR) is 76.8 cm³/mol. The molecule has 2 rings (SSSR count). The Bertz CT molecular complexity index is 380. The first-order valence-electron chi connectivity index (χ1n) is 6.26. The molecule has 0 amide bonds. The van der Waals surface area contributed by atoms with Crippen molar-refractivity contribution < 1.29 is 4.74 Å². The van der Waals surface area contributed by atoms with Gasteiger partial charge in [-0.15, -0.1) is 0 Å². The number of nitrogens with zero attached hydrogens (tertiary/aromatic N) is 1. The molecule has 1 heterocycles. The van der Waals surface area contributed by atoms with Crippen molar-refractivity contribution in [2.75, 3.05) is 40.0 Å². The molecule has 0 saturated carbocycles. The highest BCUT2D eigenvalue weighted by atomic mass is 79.9. The molecule has 4 nitrogen and oxygen atoms in total. The molecule has 0 unspecified atom stereocenters. The Labute approximate surface area is 117 Å². The maximum Gasteiger partial charge on any atom is 0.123 e. The molecule has 0 bridgehead atoms. The molecule has 100 valence electrons. The first-order chi connectivity index (χ1) is 8.79. The van der Waals surface area contributed by atoms with Gasteiger partial charge in [-0.3, -0.25) is 4.90 Å². The van der Waals surface area contributed by atoms with Crippen molar-refractivity contribution in [1.29, 1.82) is 0 Å². The number of piperazine rings is 1. The van der Waals surface area contributed by atoms with E-state index in [4.69, 9.17) is 4.74 Å². The normalized spacial score (nSPS) is 16.8. The number of hydrogen-bond acceptors (Lipinski definition) is 4.